The summed E-state index contributed by atoms with van der Waals surface area (Å²) >= 11 is 1.92. The minimum atomic E-state index is -5.08. The summed E-state index contributed by atoms with van der Waals surface area (Å²) in [7, 11) is 0. The summed E-state index contributed by atoms with van der Waals surface area (Å²) < 4.78 is 37.9. The van der Waals surface area contributed by atoms with E-state index in [-0.39, 0.29) is 16.8 Å². The van der Waals surface area contributed by atoms with Crippen LogP contribution in [0.15, 0.2) is 60.9 Å². The number of hydrogen-bond donors (Lipinski definition) is 1. The van der Waals surface area contributed by atoms with Crippen molar-refractivity contribution in [2.75, 3.05) is 18.8 Å². The molecule has 34 heavy (non-hydrogen) atoms. The van der Waals surface area contributed by atoms with Gasteiger partial charge in [-0.1, -0.05) is 24.3 Å². The molecule has 2 fully saturated rings. The van der Waals surface area contributed by atoms with E-state index >= 15 is 0 Å². The Labute approximate surface area is 196 Å². The maximum Gasteiger partial charge on any atom is 0.490 e. The molecule has 0 radical (unpaired) electrons. The Morgan fingerprint density at radius 1 is 1.12 bits per heavy atom. The third-order valence-electron chi connectivity index (χ3n) is 5.42. The van der Waals surface area contributed by atoms with Crippen LogP contribution in [0.2, 0.25) is 0 Å². The molecule has 0 saturated carbocycles. The molecular formula is C23H20F3N3O4S. The number of aliphatic carboxylic acids is 1. The average molecular weight is 491 g/mol. The standard InChI is InChI=1S/C21H19N3O2S.C2HF3O2/c25-20(19-8-7-15-4-1-2-6-18(15)23-19)24-13-21(14-24)10-17(12-27-21)26-16-5-3-9-22-11-16;3-2(4,5)1(6)7/h1-9,11,17H,10,12-14H2;(H,6,7). The fourth-order valence-corrected chi connectivity index (χ4v) is 5.37. The first-order chi connectivity index (χ1) is 16.2. The number of halogens is 3. The van der Waals surface area contributed by atoms with Crippen molar-refractivity contribution in [1.82, 2.24) is 14.9 Å². The number of fused-ring (bicyclic) bond motifs is 1. The van der Waals surface area contributed by atoms with Crippen molar-refractivity contribution in [3.63, 3.8) is 0 Å². The third-order valence-corrected chi connectivity index (χ3v) is 6.99. The molecule has 1 amide bonds. The van der Waals surface area contributed by atoms with Crippen LogP contribution in [0, 0.1) is 0 Å². The van der Waals surface area contributed by atoms with Crippen molar-refractivity contribution < 1.29 is 32.6 Å². The van der Waals surface area contributed by atoms with Crippen LogP contribution in [0.25, 0.3) is 10.9 Å². The number of nitrogens with zero attached hydrogens (tertiary/aromatic N) is 3. The largest absolute Gasteiger partial charge is 0.490 e. The Morgan fingerprint density at radius 2 is 1.85 bits per heavy atom. The Bertz CT molecular complexity index is 1190. The number of thioether (sulfide) groups is 1. The highest BCUT2D eigenvalue weighted by Crippen LogP contribution is 2.46. The molecule has 11 heteroatoms. The van der Waals surface area contributed by atoms with E-state index in [0.29, 0.717) is 5.69 Å². The van der Waals surface area contributed by atoms with Crippen LogP contribution < -0.4 is 4.74 Å². The van der Waals surface area contributed by atoms with Gasteiger partial charge in [0.15, 0.2) is 0 Å². The van der Waals surface area contributed by atoms with Gasteiger partial charge in [-0.3, -0.25) is 9.78 Å². The van der Waals surface area contributed by atoms with Crippen LogP contribution in [0.1, 0.15) is 16.9 Å². The van der Waals surface area contributed by atoms with Gasteiger partial charge in [0.05, 0.1) is 16.5 Å². The van der Waals surface area contributed by atoms with Crippen LogP contribution in [0.4, 0.5) is 13.2 Å². The van der Waals surface area contributed by atoms with Crippen LogP contribution in [-0.2, 0) is 4.79 Å². The van der Waals surface area contributed by atoms with Crippen molar-refractivity contribution in [3.8, 4) is 5.75 Å². The molecule has 2 aliphatic heterocycles. The maximum absolute atomic E-state index is 12.8. The number of rotatable bonds is 3. The summed E-state index contributed by atoms with van der Waals surface area (Å²) in [5, 5.41) is 8.18. The summed E-state index contributed by atoms with van der Waals surface area (Å²) in [5.41, 5.74) is 1.38. The number of aromatic nitrogens is 2. The fraction of sp³-hybridized carbons (Fsp3) is 0.304. The average Bonchev–Trinajstić information content (AvgIpc) is 3.22. The van der Waals surface area contributed by atoms with Crippen molar-refractivity contribution in [2.45, 2.75) is 23.4 Å². The quantitative estimate of drug-likeness (QED) is 0.591. The maximum atomic E-state index is 12.8. The smallest absolute Gasteiger partial charge is 0.488 e. The van der Waals surface area contributed by atoms with E-state index in [1.54, 1.807) is 12.4 Å². The van der Waals surface area contributed by atoms with Gasteiger partial charge in [0, 0.05) is 36.8 Å². The molecule has 1 atom stereocenters. The first kappa shape index (κ1) is 23.8. The molecule has 2 aromatic heterocycles. The number of benzene rings is 1. The highest BCUT2D eigenvalue weighted by Gasteiger charge is 2.51. The summed E-state index contributed by atoms with van der Waals surface area (Å²) in [5.74, 6) is -0.977. The van der Waals surface area contributed by atoms with Crippen molar-refractivity contribution in [3.05, 3.63) is 66.6 Å². The molecule has 1 aromatic carbocycles. The van der Waals surface area contributed by atoms with Gasteiger partial charge in [-0.15, -0.1) is 11.8 Å². The van der Waals surface area contributed by atoms with Gasteiger partial charge in [-0.25, -0.2) is 9.78 Å². The number of ether oxygens (including phenoxy) is 1. The van der Waals surface area contributed by atoms with Gasteiger partial charge < -0.3 is 14.7 Å². The van der Waals surface area contributed by atoms with Crippen LogP contribution in [-0.4, -0.2) is 67.7 Å². The zero-order valence-electron chi connectivity index (χ0n) is 17.7. The Kier molecular flexibility index (Phi) is 6.65. The van der Waals surface area contributed by atoms with Crippen molar-refractivity contribution in [1.29, 1.82) is 0 Å². The molecule has 4 heterocycles. The summed E-state index contributed by atoms with van der Waals surface area (Å²) in [6, 6.07) is 15.5. The van der Waals surface area contributed by atoms with E-state index in [1.165, 1.54) is 0 Å². The Morgan fingerprint density at radius 3 is 2.53 bits per heavy atom. The van der Waals surface area contributed by atoms with Crippen molar-refractivity contribution >= 4 is 34.5 Å². The van der Waals surface area contributed by atoms with E-state index in [0.717, 1.165) is 41.9 Å². The number of carbonyl (C=O) groups is 2. The van der Waals surface area contributed by atoms with Gasteiger partial charge in [-0.2, -0.15) is 13.2 Å². The van der Waals surface area contributed by atoms with E-state index in [1.807, 2.05) is 65.2 Å². The molecule has 7 nitrogen and oxygen atoms in total. The number of carboxylic acids is 1. The predicted octanol–water partition coefficient (Wildman–Crippen LogP) is 4.04. The van der Waals surface area contributed by atoms with Crippen LogP contribution >= 0.6 is 11.8 Å². The van der Waals surface area contributed by atoms with E-state index in [4.69, 9.17) is 14.6 Å². The Balaban J connectivity index is 0.000000344. The number of carboxylic acid groups (broad SMARTS) is 1. The normalized spacial score (nSPS) is 18.7. The summed E-state index contributed by atoms with van der Waals surface area (Å²) in [6.07, 6.45) is -0.456. The highest BCUT2D eigenvalue weighted by atomic mass is 32.2. The first-order valence-corrected chi connectivity index (χ1v) is 11.3. The van der Waals surface area contributed by atoms with Crippen LogP contribution in [0.5, 0.6) is 5.75 Å². The number of amides is 1. The lowest BCUT2D eigenvalue weighted by Crippen LogP contribution is -2.61. The lowest BCUT2D eigenvalue weighted by molar-refractivity contribution is -0.192. The zero-order valence-corrected chi connectivity index (χ0v) is 18.6. The summed E-state index contributed by atoms with van der Waals surface area (Å²) in [6.45, 7) is 1.52. The second-order valence-corrected chi connectivity index (χ2v) is 9.47. The summed E-state index contributed by atoms with van der Waals surface area (Å²) in [4.78, 5) is 32.2. The molecule has 5 rings (SSSR count). The first-order valence-electron chi connectivity index (χ1n) is 10.3. The molecule has 3 aromatic rings. The minimum absolute atomic E-state index is 0.0172. The monoisotopic (exact) mass is 491 g/mol. The second-order valence-electron chi connectivity index (χ2n) is 7.98. The molecular weight excluding hydrogens is 471 g/mol. The zero-order chi connectivity index (χ0) is 24.3. The minimum Gasteiger partial charge on any atom is -0.488 e. The van der Waals surface area contributed by atoms with E-state index in [2.05, 4.69) is 9.97 Å². The van der Waals surface area contributed by atoms with Gasteiger partial charge in [0.25, 0.3) is 5.91 Å². The SMILES string of the molecule is O=C(O)C(F)(F)F.O=C(c1ccc2ccccc2n1)N1CC2(CC(Oc3cccnc3)CS2)C1. The number of alkyl halides is 3. The second kappa shape index (κ2) is 9.49. The lowest BCUT2D eigenvalue weighted by atomic mass is 9.92. The highest BCUT2D eigenvalue weighted by molar-refractivity contribution is 8.01. The van der Waals surface area contributed by atoms with E-state index < -0.39 is 12.1 Å². The third kappa shape index (κ3) is 5.41. The van der Waals surface area contributed by atoms with Gasteiger partial charge in [0.2, 0.25) is 0 Å². The lowest BCUT2D eigenvalue weighted by Gasteiger charge is -2.47. The number of likely N-dealkylation sites (tertiary alicyclic amines) is 1. The Hall–Kier alpha value is -3.34. The van der Waals surface area contributed by atoms with Crippen LogP contribution in [0.3, 0.4) is 0 Å². The molecule has 1 spiro atoms. The van der Waals surface area contributed by atoms with Gasteiger partial charge in [-0.05, 0) is 24.3 Å². The molecule has 1 unspecified atom stereocenters. The number of pyridine rings is 2. The molecule has 2 saturated heterocycles. The molecule has 0 bridgehead atoms. The molecule has 0 aliphatic carbocycles. The molecule has 1 N–H and O–H groups in total. The number of hydrogen-bond acceptors (Lipinski definition) is 6. The fourth-order valence-electron chi connectivity index (χ4n) is 3.85. The molecule has 2 aliphatic rings. The van der Waals surface area contributed by atoms with Gasteiger partial charge in [0.1, 0.15) is 17.5 Å². The van der Waals surface area contributed by atoms with Crippen molar-refractivity contribution in [2.24, 2.45) is 0 Å². The number of para-hydroxylation sites is 1. The van der Waals surface area contributed by atoms with Gasteiger partial charge >= 0.3 is 12.1 Å². The van der Waals surface area contributed by atoms with E-state index in [9.17, 15) is 18.0 Å². The predicted molar refractivity (Wildman–Crippen MR) is 120 cm³/mol. The molecule has 178 valence electrons. The number of carbonyl (C=O) groups excluding carboxylic acids is 1. The topological polar surface area (TPSA) is 92.6 Å².